The molecule has 0 aromatic rings. The van der Waals surface area contributed by atoms with Gasteiger partial charge in [-0.25, -0.2) is 0 Å². The number of carbonyl (C=O) groups excluding carboxylic acids is 1. The molecule has 0 heterocycles. The molecule has 8 atom stereocenters. The third kappa shape index (κ3) is 2.95. The first-order valence-electron chi connectivity index (χ1n) is 12.2. The fourth-order valence-corrected chi connectivity index (χ4v) is 8.82. The largest absolute Gasteiger partial charge is 0.320 e. The van der Waals surface area contributed by atoms with E-state index in [1.54, 1.807) is 0 Å². The number of rotatable bonds is 5. The molecule has 0 spiro atoms. The molecule has 1 N–H and O–H groups in total. The van der Waals surface area contributed by atoms with E-state index >= 15 is 0 Å². The van der Waals surface area contributed by atoms with Crippen LogP contribution in [0.25, 0.3) is 0 Å². The van der Waals surface area contributed by atoms with E-state index in [-0.39, 0.29) is 0 Å². The highest BCUT2D eigenvalue weighted by atomic mass is 16.1. The van der Waals surface area contributed by atoms with Gasteiger partial charge in [-0.2, -0.15) is 0 Å². The van der Waals surface area contributed by atoms with Crippen molar-refractivity contribution in [2.45, 2.75) is 91.4 Å². The van der Waals surface area contributed by atoms with Gasteiger partial charge < -0.3 is 5.32 Å². The molecule has 6 unspecified atom stereocenters. The number of hydrogen-bond donors (Lipinski definition) is 1. The maximum absolute atomic E-state index is 13.8. The molecule has 4 rings (SSSR count). The monoisotopic (exact) mass is 373 g/mol. The Morgan fingerprint density at radius 2 is 1.74 bits per heavy atom. The van der Waals surface area contributed by atoms with Gasteiger partial charge in [0.15, 0.2) is 0 Å². The van der Waals surface area contributed by atoms with Crippen molar-refractivity contribution >= 4 is 5.78 Å². The van der Waals surface area contributed by atoms with Gasteiger partial charge in [-0.3, -0.25) is 4.79 Å². The van der Waals surface area contributed by atoms with E-state index in [2.05, 4.69) is 33.1 Å². The summed E-state index contributed by atoms with van der Waals surface area (Å²) < 4.78 is 0. The molecule has 0 aromatic heterocycles. The van der Waals surface area contributed by atoms with Gasteiger partial charge >= 0.3 is 0 Å². The summed E-state index contributed by atoms with van der Waals surface area (Å²) in [6.45, 7) is 8.61. The summed E-state index contributed by atoms with van der Waals surface area (Å²) in [5.41, 5.74) is 0.879. The van der Waals surface area contributed by atoms with Crippen molar-refractivity contribution in [1.29, 1.82) is 0 Å². The lowest BCUT2D eigenvalue weighted by molar-refractivity contribution is -0.167. The molecule has 4 fully saturated rings. The maximum Gasteiger partial charge on any atom is 0.139 e. The number of fused-ring (bicyclic) bond motifs is 5. The van der Waals surface area contributed by atoms with Crippen LogP contribution in [0.2, 0.25) is 0 Å². The SMILES string of the molecule is CC[C@H]1C(=O)C2C3CCC(CCCNC)C3(C)CC[C@@H]2C2(C)CCCCC12. The van der Waals surface area contributed by atoms with E-state index in [1.807, 2.05) is 0 Å². The zero-order valence-electron chi connectivity index (χ0n) is 18.4. The number of Topliss-reactive ketones (excluding diaryl/α,β-unsaturated/α-hetero) is 1. The molecular formula is C25H43NO. The van der Waals surface area contributed by atoms with Gasteiger partial charge in [-0.1, -0.05) is 33.6 Å². The van der Waals surface area contributed by atoms with Crippen molar-refractivity contribution in [2.24, 2.45) is 46.3 Å². The Morgan fingerprint density at radius 1 is 0.963 bits per heavy atom. The second kappa shape index (κ2) is 7.47. The highest BCUT2D eigenvalue weighted by Crippen LogP contribution is 2.68. The first kappa shape index (κ1) is 19.9. The average Bonchev–Trinajstić information content (AvgIpc) is 2.99. The zero-order chi connectivity index (χ0) is 19.2. The van der Waals surface area contributed by atoms with Crippen LogP contribution in [0.15, 0.2) is 0 Å². The van der Waals surface area contributed by atoms with E-state index in [0.29, 0.717) is 46.2 Å². The summed E-state index contributed by atoms with van der Waals surface area (Å²) in [5, 5.41) is 3.32. The van der Waals surface area contributed by atoms with E-state index in [4.69, 9.17) is 0 Å². The Bertz CT molecular complexity index is 559. The van der Waals surface area contributed by atoms with E-state index in [1.165, 1.54) is 64.2 Å². The summed E-state index contributed by atoms with van der Waals surface area (Å²) in [6.07, 6.45) is 14.6. The van der Waals surface area contributed by atoms with Crippen molar-refractivity contribution in [1.82, 2.24) is 5.32 Å². The lowest BCUT2D eigenvalue weighted by atomic mass is 9.42. The van der Waals surface area contributed by atoms with E-state index < -0.39 is 0 Å². The molecule has 0 saturated heterocycles. The number of hydrogen-bond acceptors (Lipinski definition) is 2. The summed E-state index contributed by atoms with van der Waals surface area (Å²) in [5.74, 6) is 4.36. The van der Waals surface area contributed by atoms with Crippen molar-refractivity contribution in [2.75, 3.05) is 13.6 Å². The minimum Gasteiger partial charge on any atom is -0.320 e. The molecule has 0 aliphatic heterocycles. The Hall–Kier alpha value is -0.370. The normalized spacial score (nSPS) is 49.4. The van der Waals surface area contributed by atoms with Crippen LogP contribution in [0.3, 0.4) is 0 Å². The highest BCUT2D eigenvalue weighted by molar-refractivity contribution is 5.86. The van der Waals surface area contributed by atoms with Gasteiger partial charge in [-0.15, -0.1) is 0 Å². The minimum atomic E-state index is 0.363. The van der Waals surface area contributed by atoms with Crippen LogP contribution in [-0.4, -0.2) is 19.4 Å². The van der Waals surface area contributed by atoms with Crippen molar-refractivity contribution in [3.05, 3.63) is 0 Å². The molecular weight excluding hydrogens is 330 g/mol. The van der Waals surface area contributed by atoms with Crippen LogP contribution in [0.5, 0.6) is 0 Å². The molecule has 4 saturated carbocycles. The van der Waals surface area contributed by atoms with Crippen molar-refractivity contribution < 1.29 is 4.79 Å². The Kier molecular flexibility index (Phi) is 5.51. The van der Waals surface area contributed by atoms with Gasteiger partial charge in [0, 0.05) is 11.8 Å². The van der Waals surface area contributed by atoms with Gasteiger partial charge in [-0.05, 0) is 106 Å². The summed E-state index contributed by atoms with van der Waals surface area (Å²) in [6, 6.07) is 0. The highest BCUT2D eigenvalue weighted by Gasteiger charge is 2.63. The van der Waals surface area contributed by atoms with Crippen LogP contribution in [0, 0.1) is 46.3 Å². The Labute approximate surface area is 167 Å². The third-order valence-electron chi connectivity index (χ3n) is 10.2. The Morgan fingerprint density at radius 3 is 2.48 bits per heavy atom. The topological polar surface area (TPSA) is 29.1 Å². The van der Waals surface area contributed by atoms with Crippen LogP contribution >= 0.6 is 0 Å². The molecule has 0 amide bonds. The van der Waals surface area contributed by atoms with E-state index in [9.17, 15) is 4.79 Å². The van der Waals surface area contributed by atoms with Crippen LogP contribution < -0.4 is 5.32 Å². The van der Waals surface area contributed by atoms with Crippen molar-refractivity contribution in [3.8, 4) is 0 Å². The number of nitrogens with one attached hydrogen (secondary N) is 1. The standard InChI is InChI=1S/C25H43NO/c1-5-18-19-10-6-7-14-25(19,3)21-13-15-24(2)17(9-8-16-26-4)11-12-20(24)22(21)23(18)27/h17-22,26H,5-16H2,1-4H3/t17?,18-,19?,20?,21+,22?,24?,25?/m1/s1. The van der Waals surface area contributed by atoms with Gasteiger partial charge in [0.2, 0.25) is 0 Å². The van der Waals surface area contributed by atoms with E-state index in [0.717, 1.165) is 18.9 Å². The Balaban J connectivity index is 1.62. The molecule has 4 aliphatic rings. The van der Waals surface area contributed by atoms with Crippen LogP contribution in [0.4, 0.5) is 0 Å². The second-order valence-electron chi connectivity index (χ2n) is 11.1. The van der Waals surface area contributed by atoms with Gasteiger partial charge in [0.1, 0.15) is 5.78 Å². The zero-order valence-corrected chi connectivity index (χ0v) is 18.4. The molecule has 0 bridgehead atoms. The summed E-state index contributed by atoms with van der Waals surface area (Å²) in [4.78, 5) is 13.8. The summed E-state index contributed by atoms with van der Waals surface area (Å²) in [7, 11) is 2.07. The predicted octanol–water partition coefficient (Wildman–Crippen LogP) is 5.85. The second-order valence-corrected chi connectivity index (χ2v) is 11.1. The maximum atomic E-state index is 13.8. The quantitative estimate of drug-likeness (QED) is 0.612. The molecule has 27 heavy (non-hydrogen) atoms. The predicted molar refractivity (Wildman–Crippen MR) is 113 cm³/mol. The molecule has 0 aromatic carbocycles. The fourth-order valence-electron chi connectivity index (χ4n) is 8.82. The summed E-state index contributed by atoms with van der Waals surface area (Å²) >= 11 is 0. The average molecular weight is 374 g/mol. The van der Waals surface area contributed by atoms with Crippen LogP contribution in [-0.2, 0) is 4.79 Å². The molecule has 154 valence electrons. The fraction of sp³-hybridized carbons (Fsp3) is 0.960. The van der Waals surface area contributed by atoms with Gasteiger partial charge in [0.05, 0.1) is 0 Å². The molecule has 2 heteroatoms. The molecule has 2 nitrogen and oxygen atoms in total. The van der Waals surface area contributed by atoms with Crippen LogP contribution in [0.1, 0.15) is 91.4 Å². The molecule has 0 radical (unpaired) electrons. The molecule has 4 aliphatic carbocycles. The van der Waals surface area contributed by atoms with Crippen molar-refractivity contribution in [3.63, 3.8) is 0 Å². The minimum absolute atomic E-state index is 0.363. The number of carbonyl (C=O) groups is 1. The number of ketones is 1. The smallest absolute Gasteiger partial charge is 0.139 e. The first-order valence-corrected chi connectivity index (χ1v) is 12.2. The lowest BCUT2D eigenvalue weighted by Crippen LogP contribution is -2.59. The first-order chi connectivity index (χ1) is 13.0. The van der Waals surface area contributed by atoms with Gasteiger partial charge in [0.25, 0.3) is 0 Å². The third-order valence-corrected chi connectivity index (χ3v) is 10.2. The lowest BCUT2D eigenvalue weighted by Gasteiger charge is -2.61.